The maximum absolute atomic E-state index is 9.39. The predicted octanol–water partition coefficient (Wildman–Crippen LogP) is 1.59. The van der Waals surface area contributed by atoms with Crippen molar-refractivity contribution in [2.45, 2.75) is 32.6 Å². The second-order valence-corrected chi connectivity index (χ2v) is 4.13. The van der Waals surface area contributed by atoms with Crippen LogP contribution in [0.3, 0.4) is 0 Å². The highest BCUT2D eigenvalue weighted by atomic mass is 16.5. The molecule has 0 radical (unpaired) electrons. The van der Waals surface area contributed by atoms with Crippen molar-refractivity contribution in [2.24, 2.45) is 5.41 Å². The first-order valence-corrected chi connectivity index (χ1v) is 5.59. The molecule has 1 fully saturated rings. The number of hydrogen-bond acceptors (Lipinski definition) is 3. The van der Waals surface area contributed by atoms with E-state index >= 15 is 0 Å². The van der Waals surface area contributed by atoms with Gasteiger partial charge in [0.15, 0.2) is 0 Å². The lowest BCUT2D eigenvalue weighted by molar-refractivity contribution is -0.0348. The lowest BCUT2D eigenvalue weighted by Gasteiger charge is -2.35. The van der Waals surface area contributed by atoms with E-state index in [0.29, 0.717) is 0 Å². The zero-order valence-electron chi connectivity index (χ0n) is 9.13. The highest BCUT2D eigenvalue weighted by Gasteiger charge is 2.31. The van der Waals surface area contributed by atoms with Crippen molar-refractivity contribution < 1.29 is 14.6 Å². The van der Waals surface area contributed by atoms with E-state index in [4.69, 9.17) is 9.47 Å². The van der Waals surface area contributed by atoms with Crippen LogP contribution in [0, 0.1) is 5.41 Å². The molecule has 3 nitrogen and oxygen atoms in total. The minimum Gasteiger partial charge on any atom is -0.396 e. The quantitative estimate of drug-likeness (QED) is 0.665. The Morgan fingerprint density at radius 3 is 2.57 bits per heavy atom. The van der Waals surface area contributed by atoms with E-state index in [1.54, 1.807) is 0 Å². The van der Waals surface area contributed by atoms with Crippen LogP contribution in [0.15, 0.2) is 0 Å². The van der Waals surface area contributed by atoms with Gasteiger partial charge in [0.2, 0.25) is 0 Å². The first-order chi connectivity index (χ1) is 6.83. The molecule has 0 aliphatic carbocycles. The maximum Gasteiger partial charge on any atom is 0.0489 e. The van der Waals surface area contributed by atoms with Crippen molar-refractivity contribution in [1.29, 1.82) is 0 Å². The van der Waals surface area contributed by atoms with Gasteiger partial charge in [0.1, 0.15) is 0 Å². The molecule has 1 saturated heterocycles. The third-order valence-corrected chi connectivity index (χ3v) is 3.01. The number of aliphatic hydroxyl groups excluding tert-OH is 1. The van der Waals surface area contributed by atoms with E-state index in [2.05, 4.69) is 6.92 Å². The summed E-state index contributed by atoms with van der Waals surface area (Å²) in [6.07, 6.45) is 3.97. The van der Waals surface area contributed by atoms with Crippen LogP contribution in [0.25, 0.3) is 0 Å². The summed E-state index contributed by atoms with van der Waals surface area (Å²) in [5.41, 5.74) is 0.0754. The molecule has 14 heavy (non-hydrogen) atoms. The summed E-state index contributed by atoms with van der Waals surface area (Å²) in [5, 5.41) is 9.39. The smallest absolute Gasteiger partial charge is 0.0489 e. The molecular formula is C11H22O3. The number of aliphatic hydroxyl groups is 1. The molecule has 0 saturated carbocycles. The molecular weight excluding hydrogens is 180 g/mol. The van der Waals surface area contributed by atoms with Crippen molar-refractivity contribution >= 4 is 0 Å². The van der Waals surface area contributed by atoms with Gasteiger partial charge in [-0.25, -0.2) is 0 Å². The zero-order valence-corrected chi connectivity index (χ0v) is 9.13. The summed E-state index contributed by atoms with van der Waals surface area (Å²) < 4.78 is 10.8. The predicted molar refractivity (Wildman–Crippen MR) is 55.3 cm³/mol. The molecule has 0 atom stereocenters. The average molecular weight is 202 g/mol. The second kappa shape index (κ2) is 6.38. The molecule has 0 aromatic heterocycles. The van der Waals surface area contributed by atoms with Crippen molar-refractivity contribution in [3.63, 3.8) is 0 Å². The van der Waals surface area contributed by atoms with Gasteiger partial charge in [0.25, 0.3) is 0 Å². The zero-order chi connectivity index (χ0) is 10.3. The van der Waals surface area contributed by atoms with Gasteiger partial charge in [0, 0.05) is 38.4 Å². The van der Waals surface area contributed by atoms with E-state index in [-0.39, 0.29) is 12.0 Å². The topological polar surface area (TPSA) is 38.7 Å². The normalized spacial score (nSPS) is 21.0. The lowest BCUT2D eigenvalue weighted by Crippen LogP contribution is -2.34. The van der Waals surface area contributed by atoms with Crippen molar-refractivity contribution in [2.75, 3.05) is 33.0 Å². The van der Waals surface area contributed by atoms with Crippen LogP contribution in [0.2, 0.25) is 0 Å². The highest BCUT2D eigenvalue weighted by Crippen LogP contribution is 2.33. The van der Waals surface area contributed by atoms with E-state index < -0.39 is 0 Å². The fraction of sp³-hybridized carbons (Fsp3) is 1.00. The van der Waals surface area contributed by atoms with E-state index in [1.807, 2.05) is 0 Å². The number of rotatable bonds is 6. The minimum absolute atomic E-state index is 0.0754. The second-order valence-electron chi connectivity index (χ2n) is 4.13. The van der Waals surface area contributed by atoms with Crippen LogP contribution in [-0.4, -0.2) is 38.1 Å². The van der Waals surface area contributed by atoms with Gasteiger partial charge in [-0.05, 0) is 25.7 Å². The molecule has 3 heteroatoms. The van der Waals surface area contributed by atoms with Gasteiger partial charge in [-0.1, -0.05) is 6.92 Å². The first-order valence-electron chi connectivity index (χ1n) is 5.59. The number of hydrogen-bond donors (Lipinski definition) is 1. The van der Waals surface area contributed by atoms with Gasteiger partial charge in [-0.3, -0.25) is 0 Å². The Kier molecular flexibility index (Phi) is 5.45. The lowest BCUT2D eigenvalue weighted by atomic mass is 9.78. The standard InChI is InChI=1S/C11H22O3/c1-2-6-13-7-3-11(10-12)4-8-14-9-5-11/h12H,2-10H2,1H3. The maximum atomic E-state index is 9.39. The molecule has 0 unspecified atom stereocenters. The van der Waals surface area contributed by atoms with Gasteiger partial charge < -0.3 is 14.6 Å². The summed E-state index contributed by atoms with van der Waals surface area (Å²) in [6, 6.07) is 0. The van der Waals surface area contributed by atoms with Gasteiger partial charge >= 0.3 is 0 Å². The SMILES string of the molecule is CCCOCCC1(CO)CCOCC1. The van der Waals surface area contributed by atoms with Crippen LogP contribution in [0.5, 0.6) is 0 Å². The Labute approximate surface area is 86.4 Å². The third-order valence-electron chi connectivity index (χ3n) is 3.01. The molecule has 84 valence electrons. The fourth-order valence-corrected chi connectivity index (χ4v) is 1.83. The average Bonchev–Trinajstić information content (AvgIpc) is 2.26. The van der Waals surface area contributed by atoms with Crippen LogP contribution in [0.4, 0.5) is 0 Å². The summed E-state index contributed by atoms with van der Waals surface area (Å²) in [6.45, 7) is 5.55. The Morgan fingerprint density at radius 2 is 2.00 bits per heavy atom. The van der Waals surface area contributed by atoms with Gasteiger partial charge in [0.05, 0.1) is 0 Å². The van der Waals surface area contributed by atoms with Gasteiger partial charge in [-0.15, -0.1) is 0 Å². The fourth-order valence-electron chi connectivity index (χ4n) is 1.83. The van der Waals surface area contributed by atoms with Crippen LogP contribution in [0.1, 0.15) is 32.6 Å². The largest absolute Gasteiger partial charge is 0.396 e. The minimum atomic E-state index is 0.0754. The summed E-state index contributed by atoms with van der Waals surface area (Å²) >= 11 is 0. The molecule has 0 bridgehead atoms. The summed E-state index contributed by atoms with van der Waals surface area (Å²) in [4.78, 5) is 0. The number of ether oxygens (including phenoxy) is 2. The van der Waals surface area contributed by atoms with E-state index in [0.717, 1.165) is 52.1 Å². The molecule has 0 spiro atoms. The van der Waals surface area contributed by atoms with Crippen LogP contribution < -0.4 is 0 Å². The van der Waals surface area contributed by atoms with E-state index in [1.165, 1.54) is 0 Å². The highest BCUT2D eigenvalue weighted by molar-refractivity contribution is 4.80. The molecule has 1 aliphatic rings. The molecule has 0 aromatic carbocycles. The summed E-state index contributed by atoms with van der Waals surface area (Å²) in [7, 11) is 0. The van der Waals surface area contributed by atoms with Crippen molar-refractivity contribution in [3.8, 4) is 0 Å². The van der Waals surface area contributed by atoms with E-state index in [9.17, 15) is 5.11 Å². The van der Waals surface area contributed by atoms with Crippen LogP contribution in [-0.2, 0) is 9.47 Å². The Bertz CT molecular complexity index is 141. The molecule has 0 aromatic rings. The monoisotopic (exact) mass is 202 g/mol. The first kappa shape index (κ1) is 12.0. The Morgan fingerprint density at radius 1 is 1.29 bits per heavy atom. The molecule has 1 heterocycles. The van der Waals surface area contributed by atoms with Gasteiger partial charge in [-0.2, -0.15) is 0 Å². The van der Waals surface area contributed by atoms with Crippen molar-refractivity contribution in [3.05, 3.63) is 0 Å². The Hall–Kier alpha value is -0.120. The molecule has 1 N–H and O–H groups in total. The van der Waals surface area contributed by atoms with Crippen molar-refractivity contribution in [1.82, 2.24) is 0 Å². The molecule has 1 aliphatic heterocycles. The van der Waals surface area contributed by atoms with Crippen LogP contribution >= 0.6 is 0 Å². The molecule has 0 amide bonds. The molecule has 1 rings (SSSR count). The third kappa shape index (κ3) is 3.56. The Balaban J connectivity index is 2.22. The summed E-state index contributed by atoms with van der Waals surface area (Å²) in [5.74, 6) is 0.